The summed E-state index contributed by atoms with van der Waals surface area (Å²) >= 11 is 12.0. The van der Waals surface area contributed by atoms with Crippen molar-refractivity contribution < 1.29 is 14.4 Å². The lowest BCUT2D eigenvalue weighted by molar-refractivity contribution is -0.135. The van der Waals surface area contributed by atoms with Gasteiger partial charge in [0.2, 0.25) is 5.91 Å². The van der Waals surface area contributed by atoms with Gasteiger partial charge in [-0.2, -0.15) is 0 Å². The molecule has 1 fully saturated rings. The summed E-state index contributed by atoms with van der Waals surface area (Å²) in [5.74, 6) is -0.961. The second-order valence-corrected chi connectivity index (χ2v) is 7.61. The van der Waals surface area contributed by atoms with E-state index in [0.29, 0.717) is 15.6 Å². The third-order valence-electron chi connectivity index (χ3n) is 4.75. The van der Waals surface area contributed by atoms with Crippen molar-refractivity contribution in [3.63, 3.8) is 0 Å². The van der Waals surface area contributed by atoms with Gasteiger partial charge in [-0.1, -0.05) is 53.5 Å². The summed E-state index contributed by atoms with van der Waals surface area (Å²) in [5.41, 5.74) is 0.0827. The number of hydrogen-bond acceptors (Lipinski definition) is 3. The van der Waals surface area contributed by atoms with Crippen molar-refractivity contribution in [2.75, 3.05) is 6.54 Å². The Bertz CT molecular complexity index is 933. The number of amides is 4. The minimum atomic E-state index is -1.25. The van der Waals surface area contributed by atoms with E-state index in [9.17, 15) is 14.4 Å². The highest BCUT2D eigenvalue weighted by Gasteiger charge is 2.49. The molecule has 2 aromatic carbocycles. The Morgan fingerprint density at radius 1 is 1.14 bits per heavy atom. The molecule has 2 unspecified atom stereocenters. The number of halogens is 2. The van der Waals surface area contributed by atoms with E-state index in [2.05, 4.69) is 10.6 Å². The van der Waals surface area contributed by atoms with Crippen LogP contribution in [0.15, 0.2) is 48.5 Å². The Hall–Kier alpha value is -2.57. The summed E-state index contributed by atoms with van der Waals surface area (Å²) in [6.07, 6.45) is 0. The monoisotopic (exact) mass is 419 g/mol. The molecule has 6 nitrogen and oxygen atoms in total. The van der Waals surface area contributed by atoms with E-state index in [1.165, 1.54) is 0 Å². The molecule has 0 aromatic heterocycles. The number of rotatable bonds is 5. The first-order valence-electron chi connectivity index (χ1n) is 8.66. The van der Waals surface area contributed by atoms with Gasteiger partial charge in [0, 0.05) is 10.0 Å². The van der Waals surface area contributed by atoms with E-state index in [-0.39, 0.29) is 12.6 Å². The van der Waals surface area contributed by atoms with Crippen LogP contribution in [0.2, 0.25) is 10.0 Å². The number of carbonyl (C=O) groups is 3. The highest BCUT2D eigenvalue weighted by molar-refractivity contribution is 6.31. The molecule has 2 aromatic rings. The van der Waals surface area contributed by atoms with Crippen molar-refractivity contribution in [2.24, 2.45) is 0 Å². The first-order valence-corrected chi connectivity index (χ1v) is 9.42. The molecule has 146 valence electrons. The zero-order valence-electron chi connectivity index (χ0n) is 15.3. The van der Waals surface area contributed by atoms with Gasteiger partial charge >= 0.3 is 6.03 Å². The second-order valence-electron chi connectivity index (χ2n) is 6.76. The van der Waals surface area contributed by atoms with Crippen LogP contribution in [-0.2, 0) is 15.1 Å². The number of imide groups is 1. The van der Waals surface area contributed by atoms with Crippen LogP contribution in [-0.4, -0.2) is 29.3 Å². The molecule has 0 saturated carbocycles. The van der Waals surface area contributed by atoms with Crippen molar-refractivity contribution in [1.82, 2.24) is 15.5 Å². The van der Waals surface area contributed by atoms with Crippen molar-refractivity contribution in [1.29, 1.82) is 0 Å². The van der Waals surface area contributed by atoms with Crippen molar-refractivity contribution in [3.8, 4) is 0 Å². The molecule has 4 amide bonds. The zero-order chi connectivity index (χ0) is 20.5. The van der Waals surface area contributed by atoms with Crippen LogP contribution >= 0.6 is 23.2 Å². The van der Waals surface area contributed by atoms with E-state index >= 15 is 0 Å². The van der Waals surface area contributed by atoms with E-state index in [0.717, 1.165) is 10.5 Å². The molecule has 8 heteroatoms. The van der Waals surface area contributed by atoms with E-state index in [1.807, 2.05) is 6.07 Å². The number of nitrogens with one attached hydrogen (secondary N) is 2. The highest BCUT2D eigenvalue weighted by Crippen LogP contribution is 2.29. The third-order valence-corrected chi connectivity index (χ3v) is 5.34. The van der Waals surface area contributed by atoms with Crippen LogP contribution in [0.25, 0.3) is 0 Å². The van der Waals surface area contributed by atoms with Crippen LogP contribution in [0.3, 0.4) is 0 Å². The molecule has 2 N–H and O–H groups in total. The fourth-order valence-electron chi connectivity index (χ4n) is 3.15. The summed E-state index contributed by atoms with van der Waals surface area (Å²) < 4.78 is 0. The van der Waals surface area contributed by atoms with E-state index in [4.69, 9.17) is 23.2 Å². The molecule has 0 spiro atoms. The molecule has 28 heavy (non-hydrogen) atoms. The number of urea groups is 1. The Morgan fingerprint density at radius 3 is 2.43 bits per heavy atom. The highest BCUT2D eigenvalue weighted by atomic mass is 35.5. The molecule has 1 saturated heterocycles. The Kier molecular flexibility index (Phi) is 5.63. The average molecular weight is 420 g/mol. The van der Waals surface area contributed by atoms with Crippen LogP contribution in [0.4, 0.5) is 4.79 Å². The second kappa shape index (κ2) is 7.81. The van der Waals surface area contributed by atoms with Crippen molar-refractivity contribution in [3.05, 3.63) is 69.7 Å². The topological polar surface area (TPSA) is 78.5 Å². The van der Waals surface area contributed by atoms with E-state index < -0.39 is 23.4 Å². The first kappa shape index (κ1) is 20.2. The van der Waals surface area contributed by atoms with E-state index in [1.54, 1.807) is 56.3 Å². The maximum atomic E-state index is 12.9. The predicted octanol–water partition coefficient (Wildman–Crippen LogP) is 3.64. The van der Waals surface area contributed by atoms with Gasteiger partial charge in [0.25, 0.3) is 5.91 Å². The molecule has 1 aliphatic rings. The Morgan fingerprint density at radius 2 is 1.79 bits per heavy atom. The van der Waals surface area contributed by atoms with Crippen LogP contribution in [0.5, 0.6) is 0 Å². The number of nitrogens with zero attached hydrogens (tertiary/aromatic N) is 1. The van der Waals surface area contributed by atoms with Gasteiger partial charge < -0.3 is 10.6 Å². The third kappa shape index (κ3) is 3.84. The lowest BCUT2D eigenvalue weighted by Crippen LogP contribution is -2.43. The minimum Gasteiger partial charge on any atom is -0.348 e. The zero-order valence-corrected chi connectivity index (χ0v) is 16.8. The van der Waals surface area contributed by atoms with Gasteiger partial charge in [-0.3, -0.25) is 14.5 Å². The molecule has 0 radical (unpaired) electrons. The van der Waals surface area contributed by atoms with Gasteiger partial charge in [0.05, 0.1) is 6.04 Å². The minimum absolute atomic E-state index is 0.371. The fraction of sp³-hybridized carbons (Fsp3) is 0.250. The van der Waals surface area contributed by atoms with Crippen LogP contribution < -0.4 is 10.6 Å². The lowest BCUT2D eigenvalue weighted by atomic mass is 9.92. The maximum absolute atomic E-state index is 12.9. The van der Waals surface area contributed by atoms with Gasteiger partial charge in [-0.15, -0.1) is 0 Å². The SMILES string of the molecule is CC(NC(=O)CN1C(=O)NC(C)(c2ccc(Cl)cc2)C1=O)c1ccccc1Cl. The normalized spacial score (nSPS) is 20.1. The first-order chi connectivity index (χ1) is 13.2. The molecule has 3 rings (SSSR count). The lowest BCUT2D eigenvalue weighted by Gasteiger charge is -2.22. The molecule has 1 heterocycles. The Labute approximate surface area is 172 Å². The average Bonchev–Trinajstić information content (AvgIpc) is 2.86. The van der Waals surface area contributed by atoms with Gasteiger partial charge in [-0.25, -0.2) is 4.79 Å². The molecular weight excluding hydrogens is 401 g/mol. The summed E-state index contributed by atoms with van der Waals surface area (Å²) in [6.45, 7) is 2.99. The summed E-state index contributed by atoms with van der Waals surface area (Å²) in [6, 6.07) is 12.8. The maximum Gasteiger partial charge on any atom is 0.325 e. The number of carbonyl (C=O) groups excluding carboxylic acids is 3. The molecule has 1 aliphatic heterocycles. The largest absolute Gasteiger partial charge is 0.348 e. The van der Waals surface area contributed by atoms with Gasteiger partial charge in [0.1, 0.15) is 12.1 Å². The van der Waals surface area contributed by atoms with Gasteiger partial charge in [0.15, 0.2) is 0 Å². The number of hydrogen-bond donors (Lipinski definition) is 2. The Balaban J connectivity index is 1.71. The summed E-state index contributed by atoms with van der Waals surface area (Å²) in [5, 5.41) is 6.47. The quantitative estimate of drug-likeness (QED) is 0.726. The predicted molar refractivity (Wildman–Crippen MR) is 107 cm³/mol. The van der Waals surface area contributed by atoms with Crippen LogP contribution in [0, 0.1) is 0 Å². The fourth-order valence-corrected chi connectivity index (χ4v) is 3.58. The van der Waals surface area contributed by atoms with Crippen molar-refractivity contribution in [2.45, 2.75) is 25.4 Å². The van der Waals surface area contributed by atoms with Crippen LogP contribution in [0.1, 0.15) is 31.0 Å². The smallest absolute Gasteiger partial charge is 0.325 e. The standard InChI is InChI=1S/C20H19Cl2N3O3/c1-12(15-5-3-4-6-16(15)22)23-17(26)11-25-18(27)20(2,24-19(25)28)13-7-9-14(21)10-8-13/h3-10,12H,11H2,1-2H3,(H,23,26)(H,24,28). The molecule has 0 bridgehead atoms. The number of benzene rings is 2. The summed E-state index contributed by atoms with van der Waals surface area (Å²) in [7, 11) is 0. The molecular formula is C20H19Cl2N3O3. The molecule has 0 aliphatic carbocycles. The van der Waals surface area contributed by atoms with Gasteiger partial charge in [-0.05, 0) is 43.2 Å². The summed E-state index contributed by atoms with van der Waals surface area (Å²) in [4.78, 5) is 38.6. The van der Waals surface area contributed by atoms with Crippen molar-refractivity contribution >= 4 is 41.0 Å². The molecule has 2 atom stereocenters.